The van der Waals surface area contributed by atoms with E-state index in [1.807, 2.05) is 6.07 Å². The summed E-state index contributed by atoms with van der Waals surface area (Å²) in [5.41, 5.74) is 1.56. The SMILES string of the molecule is Cc1ccc2cc(CNC(=O)C3(C#N)CC3)ccc2c1. The minimum atomic E-state index is -0.742. The molecule has 3 heteroatoms. The van der Waals surface area contributed by atoms with E-state index in [0.29, 0.717) is 19.4 Å². The number of rotatable bonds is 3. The van der Waals surface area contributed by atoms with Crippen LogP contribution in [0, 0.1) is 23.7 Å². The topological polar surface area (TPSA) is 52.9 Å². The third-order valence-corrected chi connectivity index (χ3v) is 3.91. The minimum Gasteiger partial charge on any atom is -0.351 e. The Morgan fingerprint density at radius 1 is 1.25 bits per heavy atom. The maximum Gasteiger partial charge on any atom is 0.240 e. The Morgan fingerprint density at radius 2 is 1.95 bits per heavy atom. The number of hydrogen-bond acceptors (Lipinski definition) is 2. The summed E-state index contributed by atoms with van der Waals surface area (Å²) in [6, 6.07) is 14.6. The molecule has 100 valence electrons. The van der Waals surface area contributed by atoms with Gasteiger partial charge in [0.15, 0.2) is 0 Å². The lowest BCUT2D eigenvalue weighted by Gasteiger charge is -2.09. The Kier molecular flexibility index (Phi) is 2.94. The maximum absolute atomic E-state index is 11.9. The second-order valence-corrected chi connectivity index (χ2v) is 5.56. The van der Waals surface area contributed by atoms with E-state index >= 15 is 0 Å². The summed E-state index contributed by atoms with van der Waals surface area (Å²) in [7, 11) is 0. The van der Waals surface area contributed by atoms with Crippen molar-refractivity contribution in [3.63, 3.8) is 0 Å². The number of hydrogen-bond donors (Lipinski definition) is 1. The highest BCUT2D eigenvalue weighted by Gasteiger charge is 2.50. The molecule has 2 aromatic carbocycles. The van der Waals surface area contributed by atoms with Gasteiger partial charge in [-0.05, 0) is 42.2 Å². The van der Waals surface area contributed by atoms with Gasteiger partial charge >= 0.3 is 0 Å². The van der Waals surface area contributed by atoms with Crippen LogP contribution in [0.25, 0.3) is 10.8 Å². The number of carbonyl (C=O) groups excluding carboxylic acids is 1. The molecule has 2 aromatic rings. The average Bonchev–Trinajstić information content (AvgIpc) is 3.26. The van der Waals surface area contributed by atoms with Gasteiger partial charge in [-0.1, -0.05) is 35.9 Å². The summed E-state index contributed by atoms with van der Waals surface area (Å²) >= 11 is 0. The lowest BCUT2D eigenvalue weighted by atomic mass is 10.0. The molecule has 0 spiro atoms. The van der Waals surface area contributed by atoms with Gasteiger partial charge in [-0.3, -0.25) is 4.79 Å². The van der Waals surface area contributed by atoms with Gasteiger partial charge in [-0.15, -0.1) is 0 Å². The molecule has 0 saturated heterocycles. The van der Waals surface area contributed by atoms with Gasteiger partial charge in [-0.2, -0.15) is 5.26 Å². The quantitative estimate of drug-likeness (QED) is 0.926. The van der Waals surface area contributed by atoms with Crippen LogP contribution in [0.15, 0.2) is 36.4 Å². The Morgan fingerprint density at radius 3 is 2.65 bits per heavy atom. The molecule has 1 aliphatic carbocycles. The number of amides is 1. The molecular weight excluding hydrogens is 248 g/mol. The van der Waals surface area contributed by atoms with Crippen LogP contribution in [0.4, 0.5) is 0 Å². The molecule has 0 bridgehead atoms. The van der Waals surface area contributed by atoms with Gasteiger partial charge in [-0.25, -0.2) is 0 Å². The summed E-state index contributed by atoms with van der Waals surface area (Å²) in [6.07, 6.45) is 1.37. The van der Waals surface area contributed by atoms with E-state index in [9.17, 15) is 4.79 Å². The number of benzene rings is 2. The maximum atomic E-state index is 11.9. The zero-order valence-corrected chi connectivity index (χ0v) is 11.4. The lowest BCUT2D eigenvalue weighted by molar-refractivity contribution is -0.124. The third-order valence-electron chi connectivity index (χ3n) is 3.91. The number of aryl methyl sites for hydroxylation is 1. The number of fused-ring (bicyclic) bond motifs is 1. The Balaban J connectivity index is 1.74. The molecule has 1 N–H and O–H groups in total. The highest BCUT2D eigenvalue weighted by Crippen LogP contribution is 2.45. The molecule has 0 atom stereocenters. The van der Waals surface area contributed by atoms with E-state index in [4.69, 9.17) is 5.26 Å². The molecule has 0 heterocycles. The van der Waals surface area contributed by atoms with Crippen molar-refractivity contribution >= 4 is 16.7 Å². The van der Waals surface area contributed by atoms with Crippen LogP contribution in [0.2, 0.25) is 0 Å². The number of nitrogens with one attached hydrogen (secondary N) is 1. The number of nitrogens with zero attached hydrogens (tertiary/aromatic N) is 1. The average molecular weight is 264 g/mol. The highest BCUT2D eigenvalue weighted by atomic mass is 16.2. The fourth-order valence-electron chi connectivity index (χ4n) is 2.39. The first-order chi connectivity index (χ1) is 9.63. The van der Waals surface area contributed by atoms with Gasteiger partial charge in [0.25, 0.3) is 0 Å². The minimum absolute atomic E-state index is 0.135. The van der Waals surface area contributed by atoms with Crippen LogP contribution < -0.4 is 5.32 Å². The van der Waals surface area contributed by atoms with E-state index in [2.05, 4.69) is 48.6 Å². The third kappa shape index (κ3) is 2.25. The smallest absolute Gasteiger partial charge is 0.240 e. The number of nitriles is 1. The summed E-state index contributed by atoms with van der Waals surface area (Å²) in [6.45, 7) is 2.55. The van der Waals surface area contributed by atoms with Crippen molar-refractivity contribution in [1.29, 1.82) is 5.26 Å². The van der Waals surface area contributed by atoms with Gasteiger partial charge < -0.3 is 5.32 Å². The van der Waals surface area contributed by atoms with E-state index in [-0.39, 0.29) is 5.91 Å². The standard InChI is InChI=1S/C17H16N2O/c1-12-2-4-15-9-13(3-5-14(15)8-12)10-19-16(20)17(11-18)6-7-17/h2-5,8-9H,6-7,10H2,1H3,(H,19,20). The molecule has 3 rings (SSSR count). The molecule has 1 fully saturated rings. The zero-order valence-electron chi connectivity index (χ0n) is 11.4. The fourth-order valence-corrected chi connectivity index (χ4v) is 2.39. The molecule has 3 nitrogen and oxygen atoms in total. The van der Waals surface area contributed by atoms with Gasteiger partial charge in [0.2, 0.25) is 5.91 Å². The summed E-state index contributed by atoms with van der Waals surface area (Å²) in [4.78, 5) is 11.9. The van der Waals surface area contributed by atoms with Gasteiger partial charge in [0.1, 0.15) is 5.41 Å². The molecule has 1 aliphatic rings. The lowest BCUT2D eigenvalue weighted by Crippen LogP contribution is -2.30. The predicted octanol–water partition coefficient (Wildman–Crippen LogP) is 3.07. The molecule has 0 aliphatic heterocycles. The summed E-state index contributed by atoms with van der Waals surface area (Å²) in [5, 5.41) is 14.2. The van der Waals surface area contributed by atoms with Crippen LogP contribution in [0.3, 0.4) is 0 Å². The van der Waals surface area contributed by atoms with E-state index in [1.165, 1.54) is 16.3 Å². The van der Waals surface area contributed by atoms with Gasteiger partial charge in [0.05, 0.1) is 6.07 Å². The van der Waals surface area contributed by atoms with E-state index in [0.717, 1.165) is 5.56 Å². The zero-order chi connectivity index (χ0) is 14.2. The van der Waals surface area contributed by atoms with Crippen LogP contribution in [-0.2, 0) is 11.3 Å². The molecule has 0 aromatic heterocycles. The Labute approximate surface area is 118 Å². The van der Waals surface area contributed by atoms with E-state index < -0.39 is 5.41 Å². The summed E-state index contributed by atoms with van der Waals surface area (Å²) < 4.78 is 0. The predicted molar refractivity (Wildman–Crippen MR) is 77.8 cm³/mol. The van der Waals surface area contributed by atoms with Crippen molar-refractivity contribution in [1.82, 2.24) is 5.32 Å². The van der Waals surface area contributed by atoms with Crippen molar-refractivity contribution < 1.29 is 4.79 Å². The first kappa shape index (κ1) is 12.7. The molecule has 1 saturated carbocycles. The van der Waals surface area contributed by atoms with Crippen LogP contribution in [-0.4, -0.2) is 5.91 Å². The molecule has 0 unspecified atom stereocenters. The molecule has 1 amide bonds. The van der Waals surface area contributed by atoms with Crippen molar-refractivity contribution in [2.45, 2.75) is 26.3 Å². The van der Waals surface area contributed by atoms with Crippen molar-refractivity contribution in [2.75, 3.05) is 0 Å². The first-order valence-corrected chi connectivity index (χ1v) is 6.82. The molecule has 20 heavy (non-hydrogen) atoms. The fraction of sp³-hybridized carbons (Fsp3) is 0.294. The van der Waals surface area contributed by atoms with Crippen molar-refractivity contribution in [3.05, 3.63) is 47.5 Å². The Bertz CT molecular complexity index is 723. The van der Waals surface area contributed by atoms with Crippen LogP contribution in [0.5, 0.6) is 0 Å². The van der Waals surface area contributed by atoms with Crippen LogP contribution in [0.1, 0.15) is 24.0 Å². The van der Waals surface area contributed by atoms with Crippen molar-refractivity contribution in [3.8, 4) is 6.07 Å². The second-order valence-electron chi connectivity index (χ2n) is 5.56. The molecule has 0 radical (unpaired) electrons. The second kappa shape index (κ2) is 4.64. The highest BCUT2D eigenvalue weighted by molar-refractivity contribution is 5.88. The van der Waals surface area contributed by atoms with Gasteiger partial charge in [0, 0.05) is 6.54 Å². The normalized spacial score (nSPS) is 15.6. The summed E-state index contributed by atoms with van der Waals surface area (Å²) in [5.74, 6) is -0.135. The number of carbonyl (C=O) groups is 1. The van der Waals surface area contributed by atoms with Crippen LogP contribution >= 0.6 is 0 Å². The first-order valence-electron chi connectivity index (χ1n) is 6.82. The van der Waals surface area contributed by atoms with Crippen molar-refractivity contribution in [2.24, 2.45) is 5.41 Å². The molecular formula is C17H16N2O. The largest absolute Gasteiger partial charge is 0.351 e. The monoisotopic (exact) mass is 264 g/mol. The Hall–Kier alpha value is -2.34. The van der Waals surface area contributed by atoms with E-state index in [1.54, 1.807) is 0 Å².